The van der Waals surface area contributed by atoms with Crippen LogP contribution >= 0.6 is 11.6 Å². The zero-order valence-corrected chi connectivity index (χ0v) is 12.2. The van der Waals surface area contributed by atoms with Gasteiger partial charge < -0.3 is 4.74 Å². The van der Waals surface area contributed by atoms with E-state index in [1.807, 2.05) is 43.3 Å². The molecule has 0 heterocycles. The summed E-state index contributed by atoms with van der Waals surface area (Å²) in [5, 5.41) is 0.674. The van der Waals surface area contributed by atoms with Gasteiger partial charge in [-0.15, -0.1) is 0 Å². The van der Waals surface area contributed by atoms with E-state index < -0.39 is 0 Å². The van der Waals surface area contributed by atoms with Crippen LogP contribution in [0.4, 0.5) is 0 Å². The fourth-order valence-corrected chi connectivity index (χ4v) is 2.04. The first-order valence-electron chi connectivity index (χ1n) is 6.70. The smallest absolute Gasteiger partial charge is 0.170 e. The maximum absolute atomic E-state index is 12.4. The summed E-state index contributed by atoms with van der Waals surface area (Å²) in [4.78, 5) is 12.4. The van der Waals surface area contributed by atoms with Crippen LogP contribution < -0.4 is 4.74 Å². The summed E-state index contributed by atoms with van der Waals surface area (Å²) in [6.45, 7) is 2.66. The van der Waals surface area contributed by atoms with Crippen LogP contribution in [0.5, 0.6) is 5.75 Å². The third-order valence-corrected chi connectivity index (χ3v) is 3.18. The van der Waals surface area contributed by atoms with Gasteiger partial charge in [-0.05, 0) is 36.2 Å². The summed E-state index contributed by atoms with van der Waals surface area (Å²) in [5.74, 6) is 0.715. The molecular formula is C17H17ClO2. The molecule has 0 aliphatic rings. The standard InChI is InChI=1S/C17H17ClO2/c1-2-11-20-17-6-4-3-5-15(17)16(19)12-13-7-9-14(18)10-8-13/h3-10H,2,11-12H2,1H3. The van der Waals surface area contributed by atoms with Gasteiger partial charge in [0, 0.05) is 11.4 Å². The molecule has 0 saturated carbocycles. The minimum Gasteiger partial charge on any atom is -0.493 e. The van der Waals surface area contributed by atoms with E-state index in [0.717, 1.165) is 12.0 Å². The molecule has 3 heteroatoms. The van der Waals surface area contributed by atoms with Crippen molar-refractivity contribution in [2.45, 2.75) is 19.8 Å². The Balaban J connectivity index is 2.14. The molecule has 0 atom stereocenters. The number of Topliss-reactive ketones (excluding diaryl/α,β-unsaturated/α-hetero) is 1. The molecule has 2 rings (SSSR count). The number of halogens is 1. The fourth-order valence-electron chi connectivity index (χ4n) is 1.92. The number of carbonyl (C=O) groups excluding carboxylic acids is 1. The normalized spacial score (nSPS) is 10.3. The molecule has 0 fully saturated rings. The van der Waals surface area contributed by atoms with E-state index in [1.165, 1.54) is 0 Å². The number of rotatable bonds is 6. The molecule has 0 aromatic heterocycles. The molecule has 2 nitrogen and oxygen atoms in total. The summed E-state index contributed by atoms with van der Waals surface area (Å²) in [6, 6.07) is 14.7. The van der Waals surface area contributed by atoms with Crippen molar-refractivity contribution in [2.24, 2.45) is 0 Å². The Labute approximate surface area is 124 Å². The lowest BCUT2D eigenvalue weighted by atomic mass is 10.0. The van der Waals surface area contributed by atoms with Gasteiger partial charge in [0.15, 0.2) is 5.78 Å². The van der Waals surface area contributed by atoms with Gasteiger partial charge in [-0.3, -0.25) is 4.79 Å². The molecule has 0 aliphatic carbocycles. The number of hydrogen-bond acceptors (Lipinski definition) is 2. The van der Waals surface area contributed by atoms with E-state index in [9.17, 15) is 4.79 Å². The lowest BCUT2D eigenvalue weighted by Gasteiger charge is -2.10. The van der Waals surface area contributed by atoms with Crippen LogP contribution in [0, 0.1) is 0 Å². The molecule has 0 spiro atoms. The third-order valence-electron chi connectivity index (χ3n) is 2.93. The zero-order chi connectivity index (χ0) is 14.4. The second-order valence-corrected chi connectivity index (χ2v) is 5.01. The Morgan fingerprint density at radius 2 is 1.80 bits per heavy atom. The summed E-state index contributed by atoms with van der Waals surface area (Å²) >= 11 is 5.84. The number of benzene rings is 2. The van der Waals surface area contributed by atoms with Gasteiger partial charge in [-0.25, -0.2) is 0 Å². The molecule has 0 radical (unpaired) electrons. The molecule has 2 aromatic rings. The van der Waals surface area contributed by atoms with Crippen molar-refractivity contribution >= 4 is 17.4 Å². The Morgan fingerprint density at radius 1 is 1.10 bits per heavy atom. The summed E-state index contributed by atoms with van der Waals surface area (Å²) in [6.07, 6.45) is 1.27. The zero-order valence-electron chi connectivity index (χ0n) is 11.4. The maximum Gasteiger partial charge on any atom is 0.170 e. The topological polar surface area (TPSA) is 26.3 Å². The number of para-hydroxylation sites is 1. The average Bonchev–Trinajstić information content (AvgIpc) is 2.47. The summed E-state index contributed by atoms with van der Waals surface area (Å²) in [5.41, 5.74) is 1.58. The Morgan fingerprint density at radius 3 is 2.50 bits per heavy atom. The quantitative estimate of drug-likeness (QED) is 0.729. The molecule has 0 N–H and O–H groups in total. The Hall–Kier alpha value is -1.80. The molecule has 0 aliphatic heterocycles. The Bertz CT molecular complexity index is 576. The molecule has 104 valence electrons. The van der Waals surface area contributed by atoms with Crippen molar-refractivity contribution in [3.63, 3.8) is 0 Å². The number of ether oxygens (including phenoxy) is 1. The maximum atomic E-state index is 12.4. The molecule has 0 amide bonds. The highest BCUT2D eigenvalue weighted by atomic mass is 35.5. The highest BCUT2D eigenvalue weighted by Crippen LogP contribution is 2.21. The predicted molar refractivity (Wildman–Crippen MR) is 81.7 cm³/mol. The van der Waals surface area contributed by atoms with Crippen LogP contribution in [0.15, 0.2) is 48.5 Å². The van der Waals surface area contributed by atoms with Crippen LogP contribution in [-0.2, 0) is 6.42 Å². The minimum absolute atomic E-state index is 0.0547. The fraction of sp³-hybridized carbons (Fsp3) is 0.235. The average molecular weight is 289 g/mol. The first-order valence-corrected chi connectivity index (χ1v) is 7.08. The van der Waals surface area contributed by atoms with Crippen LogP contribution in [0.1, 0.15) is 29.3 Å². The first-order chi connectivity index (χ1) is 9.70. The van der Waals surface area contributed by atoms with E-state index in [4.69, 9.17) is 16.3 Å². The highest BCUT2D eigenvalue weighted by molar-refractivity contribution is 6.30. The summed E-state index contributed by atoms with van der Waals surface area (Å²) in [7, 11) is 0. The SMILES string of the molecule is CCCOc1ccccc1C(=O)Cc1ccc(Cl)cc1. The van der Waals surface area contributed by atoms with Gasteiger partial charge in [0.2, 0.25) is 0 Å². The van der Waals surface area contributed by atoms with Crippen LogP contribution in [0.25, 0.3) is 0 Å². The van der Waals surface area contributed by atoms with Crippen molar-refractivity contribution in [3.05, 3.63) is 64.7 Å². The van der Waals surface area contributed by atoms with Crippen LogP contribution in [0.2, 0.25) is 5.02 Å². The first kappa shape index (κ1) is 14.6. The molecular weight excluding hydrogens is 272 g/mol. The predicted octanol–water partition coefficient (Wildman–Crippen LogP) is 4.55. The van der Waals surface area contributed by atoms with Crippen molar-refractivity contribution < 1.29 is 9.53 Å². The molecule has 2 aromatic carbocycles. The summed E-state index contributed by atoms with van der Waals surface area (Å²) < 4.78 is 5.62. The van der Waals surface area contributed by atoms with Gasteiger partial charge in [0.25, 0.3) is 0 Å². The number of hydrogen-bond donors (Lipinski definition) is 0. The third kappa shape index (κ3) is 3.84. The van der Waals surface area contributed by atoms with E-state index in [1.54, 1.807) is 12.1 Å². The van der Waals surface area contributed by atoms with Crippen molar-refractivity contribution in [2.75, 3.05) is 6.61 Å². The minimum atomic E-state index is 0.0547. The van der Waals surface area contributed by atoms with E-state index >= 15 is 0 Å². The largest absolute Gasteiger partial charge is 0.493 e. The van der Waals surface area contributed by atoms with Gasteiger partial charge in [0.05, 0.1) is 12.2 Å². The van der Waals surface area contributed by atoms with Crippen molar-refractivity contribution in [1.29, 1.82) is 0 Å². The molecule has 20 heavy (non-hydrogen) atoms. The monoisotopic (exact) mass is 288 g/mol. The van der Waals surface area contributed by atoms with Gasteiger partial charge >= 0.3 is 0 Å². The van der Waals surface area contributed by atoms with Gasteiger partial charge in [-0.2, -0.15) is 0 Å². The second-order valence-electron chi connectivity index (χ2n) is 4.57. The van der Waals surface area contributed by atoms with Crippen molar-refractivity contribution in [1.82, 2.24) is 0 Å². The van der Waals surface area contributed by atoms with Gasteiger partial charge in [0.1, 0.15) is 5.75 Å². The van der Waals surface area contributed by atoms with Gasteiger partial charge in [-0.1, -0.05) is 42.8 Å². The van der Waals surface area contributed by atoms with E-state index in [-0.39, 0.29) is 5.78 Å². The lowest BCUT2D eigenvalue weighted by Crippen LogP contribution is -2.07. The van der Waals surface area contributed by atoms with Crippen molar-refractivity contribution in [3.8, 4) is 5.75 Å². The molecule has 0 saturated heterocycles. The molecule has 0 bridgehead atoms. The van der Waals surface area contributed by atoms with E-state index in [0.29, 0.717) is 29.4 Å². The molecule has 0 unspecified atom stereocenters. The van der Waals surface area contributed by atoms with Crippen LogP contribution in [-0.4, -0.2) is 12.4 Å². The highest BCUT2D eigenvalue weighted by Gasteiger charge is 2.12. The second kappa shape index (κ2) is 7.11. The van der Waals surface area contributed by atoms with E-state index in [2.05, 4.69) is 0 Å². The Kier molecular flexibility index (Phi) is 5.19. The van der Waals surface area contributed by atoms with Crippen LogP contribution in [0.3, 0.4) is 0 Å². The number of carbonyl (C=O) groups is 1. The number of ketones is 1. The lowest BCUT2D eigenvalue weighted by molar-refractivity contribution is 0.0989.